The first kappa shape index (κ1) is 13.4. The summed E-state index contributed by atoms with van der Waals surface area (Å²) < 4.78 is 6.19. The molecule has 0 spiro atoms. The maximum atomic E-state index is 6.19. The van der Waals surface area contributed by atoms with E-state index in [1.54, 1.807) is 0 Å². The summed E-state index contributed by atoms with van der Waals surface area (Å²) >= 11 is 0. The Morgan fingerprint density at radius 3 is 2.53 bits per heavy atom. The van der Waals surface area contributed by atoms with E-state index in [4.69, 9.17) is 4.74 Å². The Balaban J connectivity index is 1.80. The second-order valence-electron chi connectivity index (χ2n) is 6.78. The van der Waals surface area contributed by atoms with Crippen LogP contribution in [0.5, 0.6) is 0 Å². The second-order valence-corrected chi connectivity index (χ2v) is 6.78. The maximum absolute atomic E-state index is 6.19. The number of unbranched alkanes of at least 4 members (excludes halogenated alkanes) is 1. The molecule has 2 aliphatic rings. The highest BCUT2D eigenvalue weighted by Crippen LogP contribution is 2.66. The van der Waals surface area contributed by atoms with Crippen molar-refractivity contribution in [3.05, 3.63) is 0 Å². The highest BCUT2D eigenvalue weighted by atomic mass is 16.5. The van der Waals surface area contributed by atoms with Gasteiger partial charge in [-0.05, 0) is 62.4 Å². The molecule has 17 heavy (non-hydrogen) atoms. The second kappa shape index (κ2) is 4.89. The Morgan fingerprint density at radius 1 is 1.24 bits per heavy atom. The Kier molecular flexibility index (Phi) is 3.84. The van der Waals surface area contributed by atoms with Crippen molar-refractivity contribution in [2.75, 3.05) is 20.2 Å². The minimum atomic E-state index is 0.431. The van der Waals surface area contributed by atoms with Crippen LogP contribution in [0.15, 0.2) is 0 Å². The summed E-state index contributed by atoms with van der Waals surface area (Å²) in [6, 6.07) is 0. The molecule has 0 saturated heterocycles. The third-order valence-corrected chi connectivity index (χ3v) is 5.85. The molecular formula is C15H29NO. The lowest BCUT2D eigenvalue weighted by Gasteiger charge is -2.39. The molecular weight excluding hydrogens is 210 g/mol. The molecule has 1 N–H and O–H groups in total. The van der Waals surface area contributed by atoms with Gasteiger partial charge in [0.25, 0.3) is 0 Å². The average Bonchev–Trinajstić information content (AvgIpc) is 2.61. The van der Waals surface area contributed by atoms with Gasteiger partial charge >= 0.3 is 0 Å². The van der Waals surface area contributed by atoms with E-state index in [0.717, 1.165) is 19.1 Å². The predicted octanol–water partition coefficient (Wildman–Crippen LogP) is 3.22. The number of hydrogen-bond donors (Lipinski definition) is 1. The lowest BCUT2D eigenvalue weighted by atomic mass is 9.70. The van der Waals surface area contributed by atoms with Crippen LogP contribution in [0.2, 0.25) is 0 Å². The molecule has 100 valence electrons. The van der Waals surface area contributed by atoms with Crippen molar-refractivity contribution in [1.29, 1.82) is 0 Å². The smallest absolute Gasteiger partial charge is 0.0636 e. The molecule has 2 heteroatoms. The molecule has 2 rings (SSSR count). The topological polar surface area (TPSA) is 21.3 Å². The minimum Gasteiger partial charge on any atom is -0.378 e. The fourth-order valence-corrected chi connectivity index (χ4v) is 4.01. The van der Waals surface area contributed by atoms with Crippen molar-refractivity contribution in [2.24, 2.45) is 16.7 Å². The van der Waals surface area contributed by atoms with E-state index in [2.05, 4.69) is 26.1 Å². The molecule has 0 heterocycles. The molecule has 0 aliphatic heterocycles. The first-order valence-electron chi connectivity index (χ1n) is 7.28. The van der Waals surface area contributed by atoms with Crippen LogP contribution in [0.4, 0.5) is 0 Å². The number of nitrogens with one attached hydrogen (secondary N) is 1. The Labute approximate surface area is 107 Å². The molecule has 3 atom stereocenters. The van der Waals surface area contributed by atoms with Crippen molar-refractivity contribution >= 4 is 0 Å². The lowest BCUT2D eigenvalue weighted by Crippen LogP contribution is -2.37. The highest BCUT2D eigenvalue weighted by molar-refractivity contribution is 5.11. The first-order valence-corrected chi connectivity index (χ1v) is 7.28. The van der Waals surface area contributed by atoms with Gasteiger partial charge in [0, 0.05) is 6.61 Å². The Bertz CT molecular complexity index is 264. The normalized spacial score (nSPS) is 38.8. The molecule has 3 unspecified atom stereocenters. The van der Waals surface area contributed by atoms with Crippen LogP contribution < -0.4 is 5.32 Å². The van der Waals surface area contributed by atoms with Gasteiger partial charge in [-0.2, -0.15) is 0 Å². The highest BCUT2D eigenvalue weighted by Gasteiger charge is 2.61. The van der Waals surface area contributed by atoms with Crippen molar-refractivity contribution < 1.29 is 4.74 Å². The number of hydrogen-bond acceptors (Lipinski definition) is 2. The molecule has 0 radical (unpaired) electrons. The van der Waals surface area contributed by atoms with Gasteiger partial charge in [-0.3, -0.25) is 0 Å². The van der Waals surface area contributed by atoms with Crippen LogP contribution in [-0.2, 0) is 4.74 Å². The van der Waals surface area contributed by atoms with Crippen LogP contribution in [0.3, 0.4) is 0 Å². The zero-order valence-electron chi connectivity index (χ0n) is 12.0. The van der Waals surface area contributed by atoms with Gasteiger partial charge in [-0.25, -0.2) is 0 Å². The number of fused-ring (bicyclic) bond motifs is 2. The molecule has 0 amide bonds. The fourth-order valence-electron chi connectivity index (χ4n) is 4.01. The maximum Gasteiger partial charge on any atom is 0.0636 e. The van der Waals surface area contributed by atoms with Gasteiger partial charge in [0.2, 0.25) is 0 Å². The zero-order valence-corrected chi connectivity index (χ0v) is 12.0. The van der Waals surface area contributed by atoms with Crippen molar-refractivity contribution in [3.63, 3.8) is 0 Å². The monoisotopic (exact) mass is 239 g/mol. The van der Waals surface area contributed by atoms with E-state index in [1.165, 1.54) is 32.1 Å². The van der Waals surface area contributed by atoms with Gasteiger partial charge in [0.15, 0.2) is 0 Å². The van der Waals surface area contributed by atoms with Gasteiger partial charge in [0.05, 0.1) is 6.10 Å². The predicted molar refractivity (Wildman–Crippen MR) is 72.1 cm³/mol. The van der Waals surface area contributed by atoms with E-state index >= 15 is 0 Å². The van der Waals surface area contributed by atoms with E-state index in [1.807, 2.05) is 7.05 Å². The third-order valence-electron chi connectivity index (χ3n) is 5.85. The van der Waals surface area contributed by atoms with Crippen molar-refractivity contribution in [1.82, 2.24) is 5.32 Å². The molecule has 2 nitrogen and oxygen atoms in total. The van der Waals surface area contributed by atoms with Crippen LogP contribution in [0.25, 0.3) is 0 Å². The Hall–Kier alpha value is -0.0800. The summed E-state index contributed by atoms with van der Waals surface area (Å²) in [4.78, 5) is 0. The first-order chi connectivity index (χ1) is 8.02. The van der Waals surface area contributed by atoms with E-state index in [9.17, 15) is 0 Å². The zero-order chi connectivity index (χ0) is 12.5. The van der Waals surface area contributed by atoms with Crippen LogP contribution >= 0.6 is 0 Å². The summed E-state index contributed by atoms with van der Waals surface area (Å²) in [7, 11) is 2.01. The summed E-state index contributed by atoms with van der Waals surface area (Å²) in [5.41, 5.74) is 0.920. The van der Waals surface area contributed by atoms with Crippen LogP contribution in [0.1, 0.15) is 52.9 Å². The fraction of sp³-hybridized carbons (Fsp3) is 1.00. The number of ether oxygens (including phenoxy) is 1. The van der Waals surface area contributed by atoms with E-state index < -0.39 is 0 Å². The molecule has 2 bridgehead atoms. The van der Waals surface area contributed by atoms with Gasteiger partial charge in [0.1, 0.15) is 0 Å². The molecule has 0 aromatic rings. The van der Waals surface area contributed by atoms with Gasteiger partial charge < -0.3 is 10.1 Å². The van der Waals surface area contributed by atoms with E-state index in [-0.39, 0.29) is 0 Å². The summed E-state index contributed by atoms with van der Waals surface area (Å²) in [5.74, 6) is 0.898. The van der Waals surface area contributed by atoms with Gasteiger partial charge in [-0.15, -0.1) is 0 Å². The lowest BCUT2D eigenvalue weighted by molar-refractivity contribution is -0.0473. The largest absolute Gasteiger partial charge is 0.378 e. The van der Waals surface area contributed by atoms with Crippen LogP contribution in [-0.4, -0.2) is 26.3 Å². The third kappa shape index (κ3) is 2.15. The SMILES string of the molecule is CNCCCCOC1CC2CCC1(C)C2(C)C. The summed E-state index contributed by atoms with van der Waals surface area (Å²) in [6.07, 6.45) is 7.03. The molecule has 2 aliphatic carbocycles. The van der Waals surface area contributed by atoms with Crippen LogP contribution in [0, 0.1) is 16.7 Å². The summed E-state index contributed by atoms with van der Waals surface area (Å²) in [6.45, 7) is 9.42. The Morgan fingerprint density at radius 2 is 2.00 bits per heavy atom. The number of rotatable bonds is 6. The van der Waals surface area contributed by atoms with Crippen molar-refractivity contribution in [2.45, 2.75) is 59.0 Å². The molecule has 2 fully saturated rings. The minimum absolute atomic E-state index is 0.431. The van der Waals surface area contributed by atoms with Crippen molar-refractivity contribution in [3.8, 4) is 0 Å². The average molecular weight is 239 g/mol. The van der Waals surface area contributed by atoms with Gasteiger partial charge in [-0.1, -0.05) is 20.8 Å². The molecule has 0 aromatic carbocycles. The quantitative estimate of drug-likeness (QED) is 0.719. The standard InChI is InChI=1S/C15H29NO/c1-14(2)12-7-8-15(14,3)13(11-12)17-10-6-5-9-16-4/h12-13,16H,5-11H2,1-4H3. The molecule has 0 aromatic heterocycles. The summed E-state index contributed by atoms with van der Waals surface area (Å²) in [5, 5.41) is 3.19. The molecule has 2 saturated carbocycles. The van der Waals surface area contributed by atoms with E-state index in [0.29, 0.717) is 16.9 Å².